The molecule has 0 rings (SSSR count). The topological polar surface area (TPSA) is 37.3 Å². The van der Waals surface area contributed by atoms with E-state index in [-0.39, 0.29) is 0 Å². The second kappa shape index (κ2) is 17.0. The lowest BCUT2D eigenvalue weighted by molar-refractivity contribution is -0.131. The van der Waals surface area contributed by atoms with E-state index >= 15 is 0 Å². The molecule has 0 unspecified atom stereocenters. The Hall–Kier alpha value is -2.09. The number of hydrogen-bond acceptors (Lipinski definition) is 1. The first-order chi connectivity index (χ1) is 10.8. The van der Waals surface area contributed by atoms with Crippen LogP contribution in [0.4, 0.5) is 0 Å². The minimum Gasteiger partial charge on any atom is -0.478 e. The Kier molecular flexibility index (Phi) is 15.4. The standard InChI is InChI=1S/C20H28O2/c1-2-3-4-5-6-7-8-9-10-11-12-13-14-15-16-17-18-19-20(21)22/h3-4,6-7,9-10,12-13,15-16,18-19H,2,5,8,11,14,17H2,1H3,(H,21,22)/b4-3+,7-6+,10-9-,13-12-,16-15+,19-18+. The maximum atomic E-state index is 10.2. The van der Waals surface area contributed by atoms with E-state index in [4.69, 9.17) is 5.11 Å². The van der Waals surface area contributed by atoms with Crippen molar-refractivity contribution in [3.8, 4) is 0 Å². The maximum Gasteiger partial charge on any atom is 0.327 e. The van der Waals surface area contributed by atoms with Crippen LogP contribution >= 0.6 is 0 Å². The number of aliphatic carboxylic acids is 1. The van der Waals surface area contributed by atoms with Gasteiger partial charge in [-0.1, -0.05) is 73.8 Å². The van der Waals surface area contributed by atoms with Crippen LogP contribution in [0, 0.1) is 0 Å². The Bertz CT molecular complexity index is 435. The van der Waals surface area contributed by atoms with E-state index in [1.54, 1.807) is 6.08 Å². The van der Waals surface area contributed by atoms with E-state index in [9.17, 15) is 4.79 Å². The van der Waals surface area contributed by atoms with Gasteiger partial charge in [0, 0.05) is 6.08 Å². The molecule has 2 nitrogen and oxygen atoms in total. The molecule has 22 heavy (non-hydrogen) atoms. The van der Waals surface area contributed by atoms with Crippen LogP contribution in [-0.4, -0.2) is 11.1 Å². The lowest BCUT2D eigenvalue weighted by Gasteiger charge is -1.85. The third kappa shape index (κ3) is 17.9. The summed E-state index contributed by atoms with van der Waals surface area (Å²) in [7, 11) is 0. The fraction of sp³-hybridized carbons (Fsp3) is 0.350. The van der Waals surface area contributed by atoms with Crippen LogP contribution in [0.2, 0.25) is 0 Å². The smallest absolute Gasteiger partial charge is 0.327 e. The van der Waals surface area contributed by atoms with Gasteiger partial charge < -0.3 is 5.11 Å². The zero-order chi connectivity index (χ0) is 16.3. The fourth-order valence-electron chi connectivity index (χ4n) is 1.59. The van der Waals surface area contributed by atoms with Crippen LogP contribution in [0.15, 0.2) is 72.9 Å². The van der Waals surface area contributed by atoms with Crippen molar-refractivity contribution in [3.05, 3.63) is 72.9 Å². The molecule has 0 radical (unpaired) electrons. The summed E-state index contributed by atoms with van der Waals surface area (Å²) in [6, 6.07) is 0. The molecule has 0 aromatic heterocycles. The molecule has 0 atom stereocenters. The summed E-state index contributed by atoms with van der Waals surface area (Å²) in [4.78, 5) is 10.2. The molecule has 2 heteroatoms. The highest BCUT2D eigenvalue weighted by atomic mass is 16.4. The van der Waals surface area contributed by atoms with E-state index in [2.05, 4.69) is 55.5 Å². The van der Waals surface area contributed by atoms with Crippen molar-refractivity contribution in [1.82, 2.24) is 0 Å². The molecule has 0 aliphatic heterocycles. The molecule has 120 valence electrons. The van der Waals surface area contributed by atoms with E-state index in [0.717, 1.165) is 32.1 Å². The molecule has 0 aromatic rings. The predicted molar refractivity (Wildman–Crippen MR) is 95.9 cm³/mol. The number of rotatable bonds is 12. The Balaban J connectivity index is 3.53. The third-order valence-corrected chi connectivity index (χ3v) is 2.69. The quantitative estimate of drug-likeness (QED) is 0.367. The Morgan fingerprint density at radius 3 is 1.27 bits per heavy atom. The van der Waals surface area contributed by atoms with Gasteiger partial charge in [0.2, 0.25) is 0 Å². The first kappa shape index (κ1) is 19.9. The molecular formula is C20H28O2. The zero-order valence-electron chi connectivity index (χ0n) is 13.5. The van der Waals surface area contributed by atoms with Gasteiger partial charge in [-0.05, 0) is 38.5 Å². The van der Waals surface area contributed by atoms with Gasteiger partial charge in [0.25, 0.3) is 0 Å². The number of carbonyl (C=O) groups is 1. The van der Waals surface area contributed by atoms with Gasteiger partial charge in [-0.25, -0.2) is 4.79 Å². The molecule has 0 aliphatic rings. The van der Waals surface area contributed by atoms with Crippen molar-refractivity contribution in [2.24, 2.45) is 0 Å². The maximum absolute atomic E-state index is 10.2. The van der Waals surface area contributed by atoms with Crippen molar-refractivity contribution in [2.45, 2.75) is 45.4 Å². The van der Waals surface area contributed by atoms with Gasteiger partial charge in [0.05, 0.1) is 0 Å². The molecule has 0 aromatic carbocycles. The predicted octanol–water partition coefficient (Wildman–Crippen LogP) is 5.77. The molecule has 0 bridgehead atoms. The molecule has 0 amide bonds. The van der Waals surface area contributed by atoms with Gasteiger partial charge in [-0.15, -0.1) is 0 Å². The van der Waals surface area contributed by atoms with E-state index in [0.29, 0.717) is 6.42 Å². The molecule has 1 N–H and O–H groups in total. The normalized spacial score (nSPS) is 13.1. The van der Waals surface area contributed by atoms with Crippen molar-refractivity contribution in [3.63, 3.8) is 0 Å². The minimum absolute atomic E-state index is 0.666. The van der Waals surface area contributed by atoms with Gasteiger partial charge in [-0.2, -0.15) is 0 Å². The van der Waals surface area contributed by atoms with Crippen LogP contribution in [-0.2, 0) is 4.79 Å². The van der Waals surface area contributed by atoms with Crippen molar-refractivity contribution in [1.29, 1.82) is 0 Å². The van der Waals surface area contributed by atoms with E-state index < -0.39 is 5.97 Å². The minimum atomic E-state index is -0.896. The SMILES string of the molecule is CC/C=C/C/C=C/C/C=C\C/C=C\C/C=C/C/C=C/C(=O)O. The fourth-order valence-corrected chi connectivity index (χ4v) is 1.59. The molecule has 0 saturated heterocycles. The molecule has 0 spiro atoms. The number of allylic oxidation sites excluding steroid dienone is 11. The van der Waals surface area contributed by atoms with Crippen LogP contribution in [0.25, 0.3) is 0 Å². The zero-order valence-corrected chi connectivity index (χ0v) is 13.5. The highest BCUT2D eigenvalue weighted by Crippen LogP contribution is 1.96. The molecule has 0 heterocycles. The van der Waals surface area contributed by atoms with Crippen molar-refractivity contribution < 1.29 is 9.90 Å². The largest absolute Gasteiger partial charge is 0.478 e. The summed E-state index contributed by atoms with van der Waals surface area (Å²) in [6.07, 6.45) is 29.8. The molecular weight excluding hydrogens is 272 g/mol. The second-order valence-electron chi connectivity index (χ2n) is 4.68. The summed E-state index contributed by atoms with van der Waals surface area (Å²) in [5, 5.41) is 8.40. The van der Waals surface area contributed by atoms with Gasteiger partial charge >= 0.3 is 5.97 Å². The first-order valence-electron chi connectivity index (χ1n) is 7.91. The summed E-state index contributed by atoms with van der Waals surface area (Å²) >= 11 is 0. The summed E-state index contributed by atoms with van der Waals surface area (Å²) in [5.74, 6) is -0.896. The van der Waals surface area contributed by atoms with E-state index in [1.807, 2.05) is 12.2 Å². The summed E-state index contributed by atoms with van der Waals surface area (Å²) in [6.45, 7) is 2.14. The summed E-state index contributed by atoms with van der Waals surface area (Å²) in [5.41, 5.74) is 0. The Morgan fingerprint density at radius 1 is 0.636 bits per heavy atom. The second-order valence-corrected chi connectivity index (χ2v) is 4.68. The molecule has 0 aliphatic carbocycles. The van der Waals surface area contributed by atoms with Crippen LogP contribution in [0.1, 0.15) is 45.4 Å². The average Bonchev–Trinajstić information content (AvgIpc) is 2.50. The Morgan fingerprint density at radius 2 is 0.955 bits per heavy atom. The third-order valence-electron chi connectivity index (χ3n) is 2.69. The molecule has 0 fully saturated rings. The first-order valence-corrected chi connectivity index (χ1v) is 7.91. The Labute approximate surface area is 134 Å². The number of carboxylic acids is 1. The van der Waals surface area contributed by atoms with Crippen molar-refractivity contribution >= 4 is 5.97 Å². The van der Waals surface area contributed by atoms with Crippen LogP contribution in [0.5, 0.6) is 0 Å². The van der Waals surface area contributed by atoms with Gasteiger partial charge in [0.1, 0.15) is 0 Å². The molecule has 0 saturated carbocycles. The highest BCUT2D eigenvalue weighted by molar-refractivity contribution is 5.79. The van der Waals surface area contributed by atoms with Crippen LogP contribution in [0.3, 0.4) is 0 Å². The van der Waals surface area contributed by atoms with Gasteiger partial charge in [-0.3, -0.25) is 0 Å². The average molecular weight is 300 g/mol. The summed E-state index contributed by atoms with van der Waals surface area (Å²) < 4.78 is 0. The number of hydrogen-bond donors (Lipinski definition) is 1. The number of carboxylic acid groups (broad SMARTS) is 1. The van der Waals surface area contributed by atoms with Gasteiger partial charge in [0.15, 0.2) is 0 Å². The lowest BCUT2D eigenvalue weighted by Crippen LogP contribution is -1.84. The van der Waals surface area contributed by atoms with Crippen LogP contribution < -0.4 is 0 Å². The van der Waals surface area contributed by atoms with E-state index in [1.165, 1.54) is 6.08 Å². The van der Waals surface area contributed by atoms with Crippen molar-refractivity contribution in [2.75, 3.05) is 0 Å². The lowest BCUT2D eigenvalue weighted by atomic mass is 10.2. The highest BCUT2D eigenvalue weighted by Gasteiger charge is 1.81. The monoisotopic (exact) mass is 300 g/mol.